The molecule has 0 spiro atoms. The van der Waals surface area contributed by atoms with Crippen molar-refractivity contribution >= 4 is 16.5 Å². The minimum absolute atomic E-state index is 0.371. The number of thiazole rings is 1. The van der Waals surface area contributed by atoms with Crippen LogP contribution in [0, 0.1) is 12.8 Å². The molecule has 1 saturated heterocycles. The molecule has 0 bridgehead atoms. The van der Waals surface area contributed by atoms with Crippen LogP contribution in [0.5, 0.6) is 0 Å². The fourth-order valence-electron chi connectivity index (χ4n) is 2.67. The number of aromatic nitrogens is 1. The Hall–Kier alpha value is -0.650. The van der Waals surface area contributed by atoms with Crippen LogP contribution in [-0.2, 0) is 11.3 Å². The average Bonchev–Trinajstić information content (AvgIpc) is 2.81. The predicted octanol–water partition coefficient (Wildman–Crippen LogP) is 3.20. The van der Waals surface area contributed by atoms with E-state index in [1.807, 2.05) is 11.3 Å². The van der Waals surface area contributed by atoms with E-state index in [-0.39, 0.29) is 0 Å². The zero-order valence-electron chi connectivity index (χ0n) is 13.8. The maximum absolute atomic E-state index is 5.79. The molecule has 0 radical (unpaired) electrons. The highest BCUT2D eigenvalue weighted by atomic mass is 32.1. The standard InChI is InChI=1S/C16H29N3OS/c1-5-20-14-7-6-8-19(11-14)16-18-13(4)15(21-16)10-17-9-12(2)3/h12,14,17H,5-11H2,1-4H3. The third-order valence-corrected chi connectivity index (χ3v) is 4.99. The van der Waals surface area contributed by atoms with Crippen molar-refractivity contribution in [2.45, 2.75) is 53.2 Å². The first-order valence-corrected chi connectivity index (χ1v) is 8.95. The molecule has 2 heterocycles. The number of nitrogens with one attached hydrogen (secondary N) is 1. The van der Waals surface area contributed by atoms with E-state index in [9.17, 15) is 0 Å². The van der Waals surface area contributed by atoms with Crippen molar-refractivity contribution in [2.24, 2.45) is 5.92 Å². The van der Waals surface area contributed by atoms with E-state index in [0.29, 0.717) is 12.0 Å². The third kappa shape index (κ3) is 4.94. The van der Waals surface area contributed by atoms with Crippen LogP contribution >= 0.6 is 11.3 Å². The first kappa shape index (κ1) is 16.7. The van der Waals surface area contributed by atoms with E-state index >= 15 is 0 Å². The Labute approximate surface area is 132 Å². The van der Waals surface area contributed by atoms with Crippen molar-refractivity contribution in [1.82, 2.24) is 10.3 Å². The molecule has 1 aromatic rings. The number of hydrogen-bond acceptors (Lipinski definition) is 5. The number of aryl methyl sites for hydroxylation is 1. The summed E-state index contributed by atoms with van der Waals surface area (Å²) < 4.78 is 5.79. The van der Waals surface area contributed by atoms with E-state index in [2.05, 4.69) is 37.9 Å². The van der Waals surface area contributed by atoms with Gasteiger partial charge in [-0.3, -0.25) is 0 Å². The van der Waals surface area contributed by atoms with Crippen molar-refractivity contribution in [3.63, 3.8) is 0 Å². The topological polar surface area (TPSA) is 37.4 Å². The summed E-state index contributed by atoms with van der Waals surface area (Å²) in [4.78, 5) is 8.54. The Morgan fingerprint density at radius 1 is 1.48 bits per heavy atom. The molecule has 1 aliphatic rings. The molecule has 1 fully saturated rings. The smallest absolute Gasteiger partial charge is 0.185 e. The largest absolute Gasteiger partial charge is 0.377 e. The Morgan fingerprint density at radius 3 is 3.00 bits per heavy atom. The highest BCUT2D eigenvalue weighted by Crippen LogP contribution is 2.28. The highest BCUT2D eigenvalue weighted by Gasteiger charge is 2.23. The van der Waals surface area contributed by atoms with E-state index in [1.165, 1.54) is 28.5 Å². The SMILES string of the molecule is CCOC1CCCN(c2nc(C)c(CNCC(C)C)s2)C1. The Kier molecular flexibility index (Phi) is 6.45. The van der Waals surface area contributed by atoms with Crippen LogP contribution in [0.15, 0.2) is 0 Å². The molecule has 1 aromatic heterocycles. The molecule has 5 heteroatoms. The summed E-state index contributed by atoms with van der Waals surface area (Å²) in [5.74, 6) is 0.687. The summed E-state index contributed by atoms with van der Waals surface area (Å²) in [5, 5.41) is 4.68. The average molecular weight is 311 g/mol. The fraction of sp³-hybridized carbons (Fsp3) is 0.812. The number of nitrogens with zero attached hydrogens (tertiary/aromatic N) is 2. The van der Waals surface area contributed by atoms with Gasteiger partial charge in [0, 0.05) is 31.1 Å². The quantitative estimate of drug-likeness (QED) is 0.839. The van der Waals surface area contributed by atoms with Crippen LogP contribution in [0.3, 0.4) is 0 Å². The molecule has 1 aliphatic heterocycles. The summed E-state index contributed by atoms with van der Waals surface area (Å²) in [5.41, 5.74) is 1.17. The first-order chi connectivity index (χ1) is 10.1. The summed E-state index contributed by atoms with van der Waals surface area (Å²) >= 11 is 1.83. The van der Waals surface area contributed by atoms with Gasteiger partial charge in [-0.2, -0.15) is 0 Å². The Bertz CT molecular complexity index is 431. The van der Waals surface area contributed by atoms with Gasteiger partial charge in [-0.05, 0) is 39.2 Å². The van der Waals surface area contributed by atoms with E-state index in [4.69, 9.17) is 9.72 Å². The monoisotopic (exact) mass is 311 g/mol. The van der Waals surface area contributed by atoms with Crippen LogP contribution < -0.4 is 10.2 Å². The fourth-order valence-corrected chi connectivity index (χ4v) is 3.74. The van der Waals surface area contributed by atoms with Crippen LogP contribution in [0.1, 0.15) is 44.2 Å². The lowest BCUT2D eigenvalue weighted by molar-refractivity contribution is 0.0526. The van der Waals surface area contributed by atoms with Gasteiger partial charge in [0.1, 0.15) is 0 Å². The van der Waals surface area contributed by atoms with Gasteiger partial charge < -0.3 is 15.0 Å². The van der Waals surface area contributed by atoms with Crippen LogP contribution in [0.2, 0.25) is 0 Å². The van der Waals surface area contributed by atoms with Crippen LogP contribution in [0.25, 0.3) is 0 Å². The molecule has 0 saturated carbocycles. The summed E-state index contributed by atoms with van der Waals surface area (Å²) in [6, 6.07) is 0. The molecule has 21 heavy (non-hydrogen) atoms. The van der Waals surface area contributed by atoms with E-state index in [1.54, 1.807) is 0 Å². The molecular weight excluding hydrogens is 282 g/mol. The molecule has 4 nitrogen and oxygen atoms in total. The number of anilines is 1. The van der Waals surface area contributed by atoms with E-state index < -0.39 is 0 Å². The van der Waals surface area contributed by atoms with E-state index in [0.717, 1.165) is 32.8 Å². The van der Waals surface area contributed by atoms with Crippen molar-refractivity contribution in [2.75, 3.05) is 31.1 Å². The maximum atomic E-state index is 5.79. The van der Waals surface area contributed by atoms with Gasteiger partial charge in [-0.25, -0.2) is 4.98 Å². The lowest BCUT2D eigenvalue weighted by Gasteiger charge is -2.32. The number of ether oxygens (including phenoxy) is 1. The van der Waals surface area contributed by atoms with Gasteiger partial charge in [0.2, 0.25) is 0 Å². The van der Waals surface area contributed by atoms with Crippen molar-refractivity contribution in [1.29, 1.82) is 0 Å². The van der Waals surface area contributed by atoms with Gasteiger partial charge in [0.25, 0.3) is 0 Å². The van der Waals surface area contributed by atoms with Crippen molar-refractivity contribution in [3.05, 3.63) is 10.6 Å². The molecule has 1 N–H and O–H groups in total. The minimum Gasteiger partial charge on any atom is -0.377 e. The zero-order valence-corrected chi connectivity index (χ0v) is 14.6. The van der Waals surface area contributed by atoms with Crippen molar-refractivity contribution in [3.8, 4) is 0 Å². The van der Waals surface area contributed by atoms with Crippen LogP contribution in [-0.4, -0.2) is 37.3 Å². The molecule has 0 aromatic carbocycles. The van der Waals surface area contributed by atoms with Gasteiger partial charge in [0.05, 0.1) is 11.8 Å². The molecule has 1 atom stereocenters. The molecular formula is C16H29N3OS. The predicted molar refractivity (Wildman–Crippen MR) is 90.3 cm³/mol. The van der Waals surface area contributed by atoms with Crippen molar-refractivity contribution < 1.29 is 4.74 Å². The second-order valence-electron chi connectivity index (χ2n) is 6.20. The Balaban J connectivity index is 1.94. The highest BCUT2D eigenvalue weighted by molar-refractivity contribution is 7.15. The van der Waals surface area contributed by atoms with Gasteiger partial charge in [-0.15, -0.1) is 11.3 Å². The number of rotatable bonds is 7. The first-order valence-electron chi connectivity index (χ1n) is 8.13. The van der Waals surface area contributed by atoms with Gasteiger partial charge >= 0.3 is 0 Å². The Morgan fingerprint density at radius 2 is 2.29 bits per heavy atom. The van der Waals surface area contributed by atoms with Crippen LogP contribution in [0.4, 0.5) is 5.13 Å². The lowest BCUT2D eigenvalue weighted by Crippen LogP contribution is -2.39. The zero-order chi connectivity index (χ0) is 15.2. The third-order valence-electron chi connectivity index (χ3n) is 3.77. The maximum Gasteiger partial charge on any atom is 0.185 e. The summed E-state index contributed by atoms with van der Waals surface area (Å²) in [6.07, 6.45) is 2.75. The molecule has 2 rings (SSSR count). The molecule has 120 valence electrons. The second-order valence-corrected chi connectivity index (χ2v) is 7.26. The number of piperidine rings is 1. The minimum atomic E-state index is 0.371. The molecule has 0 amide bonds. The van der Waals surface area contributed by atoms with Gasteiger partial charge in [0.15, 0.2) is 5.13 Å². The van der Waals surface area contributed by atoms with Gasteiger partial charge in [-0.1, -0.05) is 13.8 Å². The second kappa shape index (κ2) is 8.11. The summed E-state index contributed by atoms with van der Waals surface area (Å²) in [6.45, 7) is 13.6. The summed E-state index contributed by atoms with van der Waals surface area (Å²) in [7, 11) is 0. The number of hydrogen-bond donors (Lipinski definition) is 1. The molecule has 1 unspecified atom stereocenters. The molecule has 0 aliphatic carbocycles. The lowest BCUT2D eigenvalue weighted by atomic mass is 10.1. The normalized spacial score (nSPS) is 19.5.